The van der Waals surface area contributed by atoms with Crippen LogP contribution in [0.25, 0.3) is 0 Å². The SMILES string of the molecule is C=CC(=O)OC[C@H](O)CCCC. The molecule has 0 aromatic heterocycles. The van der Waals surface area contributed by atoms with E-state index < -0.39 is 12.1 Å². The fourth-order valence-corrected chi connectivity index (χ4v) is 0.760. The number of unbranched alkanes of at least 4 members (excludes halogenated alkanes) is 1. The van der Waals surface area contributed by atoms with Crippen molar-refractivity contribution in [2.45, 2.75) is 32.3 Å². The van der Waals surface area contributed by atoms with E-state index in [-0.39, 0.29) is 6.61 Å². The molecule has 0 aliphatic rings. The topological polar surface area (TPSA) is 46.5 Å². The van der Waals surface area contributed by atoms with Gasteiger partial charge in [0.25, 0.3) is 0 Å². The minimum atomic E-state index is -0.533. The molecule has 0 aliphatic heterocycles. The lowest BCUT2D eigenvalue weighted by Gasteiger charge is -2.08. The van der Waals surface area contributed by atoms with E-state index in [2.05, 4.69) is 11.3 Å². The number of ether oxygens (including phenoxy) is 1. The highest BCUT2D eigenvalue weighted by molar-refractivity contribution is 5.81. The van der Waals surface area contributed by atoms with E-state index >= 15 is 0 Å². The van der Waals surface area contributed by atoms with Gasteiger partial charge in [-0.15, -0.1) is 0 Å². The summed E-state index contributed by atoms with van der Waals surface area (Å²) in [6.07, 6.45) is 3.22. The molecule has 0 fully saturated rings. The van der Waals surface area contributed by atoms with Crippen LogP contribution in [0.1, 0.15) is 26.2 Å². The van der Waals surface area contributed by atoms with Crippen molar-refractivity contribution in [2.75, 3.05) is 6.61 Å². The fourth-order valence-electron chi connectivity index (χ4n) is 0.760. The maximum atomic E-state index is 10.5. The highest BCUT2D eigenvalue weighted by Crippen LogP contribution is 2.00. The summed E-state index contributed by atoms with van der Waals surface area (Å²) >= 11 is 0. The highest BCUT2D eigenvalue weighted by atomic mass is 16.5. The van der Waals surface area contributed by atoms with Crippen LogP contribution in [0, 0.1) is 0 Å². The number of aliphatic hydroxyl groups excluding tert-OH is 1. The molecule has 0 aromatic rings. The number of carbonyl (C=O) groups is 1. The molecule has 0 aliphatic carbocycles. The van der Waals surface area contributed by atoms with Crippen LogP contribution in [0.2, 0.25) is 0 Å². The average Bonchev–Trinajstić information content (AvgIpc) is 2.10. The molecule has 1 N–H and O–H groups in total. The second-order valence-corrected chi connectivity index (χ2v) is 2.63. The molecule has 0 aromatic carbocycles. The quantitative estimate of drug-likeness (QED) is 0.484. The largest absolute Gasteiger partial charge is 0.460 e. The standard InChI is InChI=1S/C9H16O3/c1-3-5-6-8(10)7-12-9(11)4-2/h4,8,10H,2-3,5-7H2,1H3/t8-/m1/s1. The Bertz CT molecular complexity index is 143. The summed E-state index contributed by atoms with van der Waals surface area (Å²) in [6, 6.07) is 0. The van der Waals surface area contributed by atoms with Crippen molar-refractivity contribution < 1.29 is 14.6 Å². The molecule has 0 bridgehead atoms. The normalized spacial score (nSPS) is 12.2. The molecule has 12 heavy (non-hydrogen) atoms. The Kier molecular flexibility index (Phi) is 6.38. The maximum absolute atomic E-state index is 10.5. The molecular formula is C9H16O3. The Balaban J connectivity index is 3.36. The van der Waals surface area contributed by atoms with Gasteiger partial charge in [-0.1, -0.05) is 26.3 Å². The number of hydrogen-bond acceptors (Lipinski definition) is 3. The minimum absolute atomic E-state index is 0.0743. The lowest BCUT2D eigenvalue weighted by Crippen LogP contribution is -2.17. The van der Waals surface area contributed by atoms with E-state index in [4.69, 9.17) is 0 Å². The fraction of sp³-hybridized carbons (Fsp3) is 0.667. The lowest BCUT2D eigenvalue weighted by atomic mass is 10.2. The average molecular weight is 172 g/mol. The van der Waals surface area contributed by atoms with Gasteiger partial charge in [0.1, 0.15) is 6.61 Å². The predicted octanol–water partition coefficient (Wildman–Crippen LogP) is 1.27. The molecule has 0 amide bonds. The van der Waals surface area contributed by atoms with Gasteiger partial charge in [0, 0.05) is 6.08 Å². The Morgan fingerprint density at radius 2 is 2.42 bits per heavy atom. The Hall–Kier alpha value is -0.830. The molecule has 3 heteroatoms. The first kappa shape index (κ1) is 11.2. The molecule has 0 saturated heterocycles. The number of carbonyl (C=O) groups excluding carboxylic acids is 1. The third kappa shape index (κ3) is 5.92. The number of esters is 1. The third-order valence-corrected chi connectivity index (χ3v) is 1.48. The van der Waals surface area contributed by atoms with Crippen LogP contribution in [0.4, 0.5) is 0 Å². The summed E-state index contributed by atoms with van der Waals surface area (Å²) in [5.74, 6) is -0.481. The van der Waals surface area contributed by atoms with Crippen LogP contribution in [-0.2, 0) is 9.53 Å². The van der Waals surface area contributed by atoms with Gasteiger partial charge in [-0.25, -0.2) is 4.79 Å². The zero-order chi connectivity index (χ0) is 9.40. The third-order valence-electron chi connectivity index (χ3n) is 1.48. The van der Waals surface area contributed by atoms with E-state index in [1.54, 1.807) is 0 Å². The van der Waals surface area contributed by atoms with Gasteiger partial charge in [0.2, 0.25) is 0 Å². The van der Waals surface area contributed by atoms with E-state index in [9.17, 15) is 9.90 Å². The van der Waals surface area contributed by atoms with E-state index in [1.165, 1.54) is 0 Å². The van der Waals surface area contributed by atoms with E-state index in [1.807, 2.05) is 6.92 Å². The first-order chi connectivity index (χ1) is 5.70. The lowest BCUT2D eigenvalue weighted by molar-refractivity contribution is -0.140. The molecule has 0 radical (unpaired) electrons. The van der Waals surface area contributed by atoms with Crippen molar-refractivity contribution in [1.82, 2.24) is 0 Å². The van der Waals surface area contributed by atoms with Gasteiger partial charge < -0.3 is 9.84 Å². The second-order valence-electron chi connectivity index (χ2n) is 2.63. The summed E-state index contributed by atoms with van der Waals surface area (Å²) in [5.41, 5.74) is 0. The van der Waals surface area contributed by atoms with Crippen molar-refractivity contribution in [2.24, 2.45) is 0 Å². The highest BCUT2D eigenvalue weighted by Gasteiger charge is 2.05. The molecular weight excluding hydrogens is 156 g/mol. The molecule has 0 saturated carbocycles. The van der Waals surface area contributed by atoms with Crippen molar-refractivity contribution in [1.29, 1.82) is 0 Å². The van der Waals surface area contributed by atoms with Crippen LogP contribution in [0.5, 0.6) is 0 Å². The summed E-state index contributed by atoms with van der Waals surface area (Å²) in [7, 11) is 0. The van der Waals surface area contributed by atoms with Crippen molar-refractivity contribution >= 4 is 5.97 Å². The number of aliphatic hydroxyl groups is 1. The van der Waals surface area contributed by atoms with Gasteiger partial charge in [0.15, 0.2) is 0 Å². The van der Waals surface area contributed by atoms with Crippen LogP contribution in [0.15, 0.2) is 12.7 Å². The van der Waals surface area contributed by atoms with Gasteiger partial charge in [-0.05, 0) is 6.42 Å². The van der Waals surface area contributed by atoms with Crippen LogP contribution in [-0.4, -0.2) is 23.8 Å². The van der Waals surface area contributed by atoms with Crippen LogP contribution < -0.4 is 0 Å². The summed E-state index contributed by atoms with van der Waals surface area (Å²) < 4.78 is 4.64. The van der Waals surface area contributed by atoms with Gasteiger partial charge >= 0.3 is 5.97 Å². The zero-order valence-corrected chi connectivity index (χ0v) is 7.45. The van der Waals surface area contributed by atoms with Crippen molar-refractivity contribution in [3.05, 3.63) is 12.7 Å². The van der Waals surface area contributed by atoms with Crippen molar-refractivity contribution in [3.8, 4) is 0 Å². The van der Waals surface area contributed by atoms with Gasteiger partial charge in [0.05, 0.1) is 6.10 Å². The van der Waals surface area contributed by atoms with E-state index in [0.717, 1.165) is 18.9 Å². The first-order valence-electron chi connectivity index (χ1n) is 4.18. The smallest absolute Gasteiger partial charge is 0.330 e. The molecule has 3 nitrogen and oxygen atoms in total. The monoisotopic (exact) mass is 172 g/mol. The number of rotatable bonds is 6. The van der Waals surface area contributed by atoms with Crippen molar-refractivity contribution in [3.63, 3.8) is 0 Å². The molecule has 0 rings (SSSR count). The maximum Gasteiger partial charge on any atom is 0.330 e. The minimum Gasteiger partial charge on any atom is -0.460 e. The summed E-state index contributed by atoms with van der Waals surface area (Å²) in [5, 5.41) is 9.21. The van der Waals surface area contributed by atoms with Crippen LogP contribution >= 0.6 is 0 Å². The molecule has 0 spiro atoms. The summed E-state index contributed by atoms with van der Waals surface area (Å²) in [6.45, 7) is 5.36. The van der Waals surface area contributed by atoms with E-state index in [0.29, 0.717) is 6.42 Å². The summed E-state index contributed by atoms with van der Waals surface area (Å²) in [4.78, 5) is 10.5. The molecule has 0 heterocycles. The van der Waals surface area contributed by atoms with Crippen LogP contribution in [0.3, 0.4) is 0 Å². The van der Waals surface area contributed by atoms with Gasteiger partial charge in [-0.2, -0.15) is 0 Å². The first-order valence-corrected chi connectivity index (χ1v) is 4.18. The zero-order valence-electron chi connectivity index (χ0n) is 7.45. The Morgan fingerprint density at radius 3 is 2.92 bits per heavy atom. The van der Waals surface area contributed by atoms with Gasteiger partial charge in [-0.3, -0.25) is 0 Å². The Morgan fingerprint density at radius 1 is 1.75 bits per heavy atom. The number of hydrogen-bond donors (Lipinski definition) is 1. The molecule has 0 unspecified atom stereocenters. The Labute approximate surface area is 73.0 Å². The molecule has 70 valence electrons. The second kappa shape index (κ2) is 6.85. The predicted molar refractivity (Wildman–Crippen MR) is 46.7 cm³/mol. The molecule has 1 atom stereocenters.